The van der Waals surface area contributed by atoms with Crippen LogP contribution < -0.4 is 11.1 Å². The Labute approximate surface area is 124 Å². The molecule has 21 heavy (non-hydrogen) atoms. The summed E-state index contributed by atoms with van der Waals surface area (Å²) in [5.41, 5.74) is 8.77. The molecule has 0 saturated carbocycles. The maximum absolute atomic E-state index is 12.5. The van der Waals surface area contributed by atoms with Crippen LogP contribution in [0.25, 0.3) is 0 Å². The highest BCUT2D eigenvalue weighted by Crippen LogP contribution is 2.14. The fourth-order valence-corrected chi connectivity index (χ4v) is 2.17. The van der Waals surface area contributed by atoms with Gasteiger partial charge in [-0.15, -0.1) is 0 Å². The fourth-order valence-electron chi connectivity index (χ4n) is 2.17. The third-order valence-corrected chi connectivity index (χ3v) is 3.32. The molecule has 110 valence electrons. The summed E-state index contributed by atoms with van der Waals surface area (Å²) in [5, 5.41) is 11.0. The summed E-state index contributed by atoms with van der Waals surface area (Å²) in [6, 6.07) is 11.3. The molecule has 1 aromatic carbocycles. The lowest BCUT2D eigenvalue weighted by atomic mass is 10.1. The number of amides is 1. The molecule has 3 N–H and O–H groups in total. The quantitative estimate of drug-likeness (QED) is 0.877. The normalized spacial score (nSPS) is 12.0. The van der Waals surface area contributed by atoms with E-state index >= 15 is 0 Å². The second kappa shape index (κ2) is 6.95. The summed E-state index contributed by atoms with van der Waals surface area (Å²) in [5.74, 6) is -0.163. The van der Waals surface area contributed by atoms with E-state index in [9.17, 15) is 4.79 Å². The monoisotopic (exact) mass is 284 g/mol. The second-order valence-corrected chi connectivity index (χ2v) is 4.87. The van der Waals surface area contributed by atoms with Crippen LogP contribution in [0, 0.1) is 6.92 Å². The van der Waals surface area contributed by atoms with Crippen LogP contribution in [-0.4, -0.2) is 22.6 Å². The van der Waals surface area contributed by atoms with Crippen molar-refractivity contribution in [2.75, 3.05) is 6.54 Å². The van der Waals surface area contributed by atoms with E-state index in [2.05, 4.69) is 15.5 Å². The van der Waals surface area contributed by atoms with E-state index in [1.54, 1.807) is 6.07 Å². The SMILES string of the molecule is CCc1nnc(C)cc1C(=O)NC(CN)c1ccccc1. The first-order valence-electron chi connectivity index (χ1n) is 7.04. The zero-order chi connectivity index (χ0) is 15.2. The molecule has 2 aromatic rings. The summed E-state index contributed by atoms with van der Waals surface area (Å²) in [6.07, 6.45) is 0.661. The number of nitrogens with one attached hydrogen (secondary N) is 1. The molecule has 0 fully saturated rings. The third-order valence-electron chi connectivity index (χ3n) is 3.32. The summed E-state index contributed by atoms with van der Waals surface area (Å²) < 4.78 is 0. The molecule has 5 heteroatoms. The standard InChI is InChI=1S/C16H20N4O/c1-3-14-13(9-11(2)19-20-14)16(21)18-15(10-17)12-7-5-4-6-8-12/h4-9,15H,3,10,17H2,1-2H3,(H,18,21). The predicted octanol–water partition coefficient (Wildman–Crippen LogP) is 1.78. The Hall–Kier alpha value is -2.27. The van der Waals surface area contributed by atoms with E-state index in [4.69, 9.17) is 5.73 Å². The van der Waals surface area contributed by atoms with Crippen molar-refractivity contribution in [2.45, 2.75) is 26.3 Å². The topological polar surface area (TPSA) is 80.9 Å². The minimum absolute atomic E-state index is 0.163. The summed E-state index contributed by atoms with van der Waals surface area (Å²) in [7, 11) is 0. The van der Waals surface area contributed by atoms with Gasteiger partial charge in [0.25, 0.3) is 5.91 Å². The molecule has 0 aliphatic rings. The molecule has 0 spiro atoms. The molecule has 0 aliphatic heterocycles. The largest absolute Gasteiger partial charge is 0.344 e. The Kier molecular flexibility index (Phi) is 5.00. The summed E-state index contributed by atoms with van der Waals surface area (Å²) >= 11 is 0. The second-order valence-electron chi connectivity index (χ2n) is 4.87. The van der Waals surface area contributed by atoms with Gasteiger partial charge < -0.3 is 11.1 Å². The Morgan fingerprint density at radius 1 is 1.29 bits per heavy atom. The van der Waals surface area contributed by atoms with Crippen LogP contribution >= 0.6 is 0 Å². The lowest BCUT2D eigenvalue weighted by molar-refractivity contribution is 0.0936. The molecule has 0 saturated heterocycles. The number of carbonyl (C=O) groups excluding carboxylic acids is 1. The molecule has 0 aliphatic carbocycles. The smallest absolute Gasteiger partial charge is 0.253 e. The number of nitrogens with two attached hydrogens (primary N) is 1. The molecule has 1 unspecified atom stereocenters. The lowest BCUT2D eigenvalue weighted by Crippen LogP contribution is -2.34. The number of carbonyl (C=O) groups is 1. The van der Waals surface area contributed by atoms with Crippen LogP contribution in [0.3, 0.4) is 0 Å². The molecular formula is C16H20N4O. The van der Waals surface area contributed by atoms with Crippen molar-refractivity contribution >= 4 is 5.91 Å². The van der Waals surface area contributed by atoms with Gasteiger partial charge in [-0.1, -0.05) is 37.3 Å². The van der Waals surface area contributed by atoms with Crippen LogP contribution in [0.15, 0.2) is 36.4 Å². The molecular weight excluding hydrogens is 264 g/mol. The Morgan fingerprint density at radius 3 is 2.62 bits per heavy atom. The number of rotatable bonds is 5. The van der Waals surface area contributed by atoms with Gasteiger partial charge in [-0.3, -0.25) is 4.79 Å². The first kappa shape index (κ1) is 15.1. The van der Waals surface area contributed by atoms with E-state index in [0.717, 1.165) is 11.3 Å². The molecule has 5 nitrogen and oxygen atoms in total. The Balaban J connectivity index is 2.22. The number of aromatic nitrogens is 2. The van der Waals surface area contributed by atoms with Crippen molar-refractivity contribution in [3.05, 3.63) is 58.9 Å². The summed E-state index contributed by atoms with van der Waals surface area (Å²) in [4.78, 5) is 12.5. The average molecular weight is 284 g/mol. The van der Waals surface area contributed by atoms with Gasteiger partial charge in [0.1, 0.15) is 0 Å². The lowest BCUT2D eigenvalue weighted by Gasteiger charge is -2.18. The van der Waals surface area contributed by atoms with Gasteiger partial charge in [-0.25, -0.2) is 0 Å². The first-order chi connectivity index (χ1) is 10.2. The molecule has 2 rings (SSSR count). The third kappa shape index (κ3) is 3.64. The molecule has 1 heterocycles. The molecule has 1 amide bonds. The molecule has 0 bridgehead atoms. The van der Waals surface area contributed by atoms with Crippen LogP contribution in [0.2, 0.25) is 0 Å². The van der Waals surface area contributed by atoms with Crippen molar-refractivity contribution in [3.63, 3.8) is 0 Å². The van der Waals surface area contributed by atoms with E-state index in [1.807, 2.05) is 44.2 Å². The van der Waals surface area contributed by atoms with Gasteiger partial charge in [0.05, 0.1) is 23.0 Å². The Bertz CT molecular complexity index is 613. The highest BCUT2D eigenvalue weighted by Gasteiger charge is 2.17. The van der Waals surface area contributed by atoms with Crippen LogP contribution in [0.1, 0.15) is 40.3 Å². The van der Waals surface area contributed by atoms with Gasteiger partial charge in [0.2, 0.25) is 0 Å². The van der Waals surface area contributed by atoms with Crippen molar-refractivity contribution < 1.29 is 4.79 Å². The van der Waals surface area contributed by atoms with E-state index < -0.39 is 0 Å². The van der Waals surface area contributed by atoms with Crippen molar-refractivity contribution in [1.29, 1.82) is 0 Å². The van der Waals surface area contributed by atoms with Crippen molar-refractivity contribution in [2.24, 2.45) is 5.73 Å². The van der Waals surface area contributed by atoms with E-state index in [0.29, 0.717) is 24.2 Å². The number of benzene rings is 1. The fraction of sp³-hybridized carbons (Fsp3) is 0.312. The molecule has 1 atom stereocenters. The molecule has 1 aromatic heterocycles. The van der Waals surface area contributed by atoms with Gasteiger partial charge in [-0.05, 0) is 25.0 Å². The van der Waals surface area contributed by atoms with Crippen LogP contribution in [0.4, 0.5) is 0 Å². The predicted molar refractivity (Wildman–Crippen MR) is 81.9 cm³/mol. The minimum Gasteiger partial charge on any atom is -0.344 e. The zero-order valence-corrected chi connectivity index (χ0v) is 12.3. The number of hydrogen-bond acceptors (Lipinski definition) is 4. The van der Waals surface area contributed by atoms with Crippen molar-refractivity contribution in [1.82, 2.24) is 15.5 Å². The van der Waals surface area contributed by atoms with Gasteiger partial charge in [0.15, 0.2) is 0 Å². The summed E-state index contributed by atoms with van der Waals surface area (Å²) in [6.45, 7) is 4.11. The number of hydrogen-bond donors (Lipinski definition) is 2. The Morgan fingerprint density at radius 2 is 2.00 bits per heavy atom. The molecule has 0 radical (unpaired) electrons. The van der Waals surface area contributed by atoms with Crippen LogP contribution in [0.5, 0.6) is 0 Å². The van der Waals surface area contributed by atoms with Gasteiger partial charge >= 0.3 is 0 Å². The highest BCUT2D eigenvalue weighted by molar-refractivity contribution is 5.95. The van der Waals surface area contributed by atoms with Gasteiger partial charge in [-0.2, -0.15) is 10.2 Å². The maximum atomic E-state index is 12.5. The minimum atomic E-state index is -0.211. The number of nitrogens with zero attached hydrogens (tertiary/aromatic N) is 2. The first-order valence-corrected chi connectivity index (χ1v) is 7.04. The zero-order valence-electron chi connectivity index (χ0n) is 12.3. The van der Waals surface area contributed by atoms with E-state index in [-0.39, 0.29) is 11.9 Å². The average Bonchev–Trinajstić information content (AvgIpc) is 2.53. The van der Waals surface area contributed by atoms with Gasteiger partial charge in [0, 0.05) is 6.54 Å². The van der Waals surface area contributed by atoms with E-state index in [1.165, 1.54) is 0 Å². The highest BCUT2D eigenvalue weighted by atomic mass is 16.1. The van der Waals surface area contributed by atoms with Crippen LogP contribution in [-0.2, 0) is 6.42 Å². The van der Waals surface area contributed by atoms with Crippen molar-refractivity contribution in [3.8, 4) is 0 Å². The maximum Gasteiger partial charge on any atom is 0.253 e. The number of aryl methyl sites for hydroxylation is 2.